The number of carbonyl (C=O) groups is 1. The molecule has 2 N–H and O–H groups in total. The first kappa shape index (κ1) is 19.0. The van der Waals surface area contributed by atoms with Gasteiger partial charge in [-0.05, 0) is 43.9 Å². The van der Waals surface area contributed by atoms with Gasteiger partial charge in [0.2, 0.25) is 0 Å². The monoisotopic (exact) mass is 385 g/mol. The van der Waals surface area contributed by atoms with E-state index in [0.29, 0.717) is 51.4 Å². The molecule has 0 bridgehead atoms. The van der Waals surface area contributed by atoms with E-state index in [0.717, 1.165) is 29.0 Å². The lowest BCUT2D eigenvalue weighted by Crippen LogP contribution is -2.50. The molecule has 1 saturated heterocycles. The van der Waals surface area contributed by atoms with Gasteiger partial charge < -0.3 is 19.5 Å². The molecule has 3 aliphatic rings. The van der Waals surface area contributed by atoms with Crippen molar-refractivity contribution in [3.63, 3.8) is 0 Å². The van der Waals surface area contributed by atoms with Crippen LogP contribution >= 0.6 is 0 Å². The van der Waals surface area contributed by atoms with Gasteiger partial charge in [-0.3, -0.25) is 5.32 Å². The molecule has 2 amide bonds. The van der Waals surface area contributed by atoms with E-state index in [1.165, 1.54) is 5.57 Å². The van der Waals surface area contributed by atoms with Gasteiger partial charge in [0.1, 0.15) is 11.6 Å². The van der Waals surface area contributed by atoms with E-state index >= 15 is 0 Å². The number of nitrogens with zero attached hydrogens (tertiary/aromatic N) is 2. The Morgan fingerprint density at radius 3 is 2.82 bits per heavy atom. The Bertz CT molecular complexity index is 834. The average molecular weight is 385 g/mol. The summed E-state index contributed by atoms with van der Waals surface area (Å²) in [6.45, 7) is 4.22. The fraction of sp³-hybridized carbons (Fsp3) is 0.524. The maximum atomic E-state index is 12.7. The van der Waals surface area contributed by atoms with Crippen LogP contribution < -0.4 is 10.1 Å². The van der Waals surface area contributed by atoms with Crippen LogP contribution in [-0.2, 0) is 11.2 Å². The van der Waals surface area contributed by atoms with Crippen LogP contribution in [-0.4, -0.2) is 60.9 Å². The Kier molecular flexibility index (Phi) is 5.12. The molecule has 1 aromatic carbocycles. The minimum atomic E-state index is -0.683. The summed E-state index contributed by atoms with van der Waals surface area (Å²) in [4.78, 5) is 19.1. The van der Waals surface area contributed by atoms with Crippen LogP contribution in [0.2, 0.25) is 0 Å². The van der Waals surface area contributed by atoms with E-state index in [9.17, 15) is 9.90 Å². The molecule has 0 aliphatic carbocycles. The maximum Gasteiger partial charge on any atom is 0.322 e. The number of hydrogen-bond donors (Lipinski definition) is 2. The van der Waals surface area contributed by atoms with E-state index in [2.05, 4.69) is 11.4 Å². The standard InChI is InChI=1S/C21H27N3O4/c1-21(26)7-9-24(10-8-21)20(25)23-18-13-16-17(27-2)4-3-15(19(16)22-18)14-5-11-28-12-6-14/h3-5,26H,6-13H2,1-2H3,(H,22,23,25). The van der Waals surface area contributed by atoms with Gasteiger partial charge >= 0.3 is 6.03 Å². The van der Waals surface area contributed by atoms with Crippen LogP contribution in [0.15, 0.2) is 23.2 Å². The first-order valence-corrected chi connectivity index (χ1v) is 9.80. The first-order chi connectivity index (χ1) is 13.5. The second kappa shape index (κ2) is 7.56. The number of methoxy groups -OCH3 is 1. The number of aliphatic hydroxyl groups is 1. The smallest absolute Gasteiger partial charge is 0.322 e. The molecule has 0 spiro atoms. The zero-order chi connectivity index (χ0) is 19.7. The number of amides is 2. The van der Waals surface area contributed by atoms with Crippen LogP contribution in [0, 0.1) is 0 Å². The van der Waals surface area contributed by atoms with Gasteiger partial charge in [-0.25, -0.2) is 9.79 Å². The molecule has 3 aliphatic heterocycles. The molecule has 7 nitrogen and oxygen atoms in total. The van der Waals surface area contributed by atoms with E-state index in [1.807, 2.05) is 19.1 Å². The van der Waals surface area contributed by atoms with Crippen LogP contribution in [0.3, 0.4) is 0 Å². The number of rotatable bonds is 2. The van der Waals surface area contributed by atoms with Gasteiger partial charge in [-0.2, -0.15) is 0 Å². The molecule has 3 heterocycles. The van der Waals surface area contributed by atoms with Crippen LogP contribution in [0.4, 0.5) is 10.5 Å². The van der Waals surface area contributed by atoms with Crippen molar-refractivity contribution in [2.75, 3.05) is 33.4 Å². The van der Waals surface area contributed by atoms with Crippen molar-refractivity contribution in [3.05, 3.63) is 29.3 Å². The highest BCUT2D eigenvalue weighted by Gasteiger charge is 2.31. The number of aliphatic imine (C=N–C) groups is 1. The van der Waals surface area contributed by atoms with Crippen molar-refractivity contribution in [1.82, 2.24) is 10.2 Å². The van der Waals surface area contributed by atoms with Crippen molar-refractivity contribution in [2.45, 2.75) is 38.2 Å². The zero-order valence-corrected chi connectivity index (χ0v) is 16.5. The topological polar surface area (TPSA) is 83.4 Å². The van der Waals surface area contributed by atoms with Gasteiger partial charge in [0.25, 0.3) is 0 Å². The molecular formula is C21H27N3O4. The van der Waals surface area contributed by atoms with Crippen LogP contribution in [0.1, 0.15) is 37.3 Å². The predicted molar refractivity (Wildman–Crippen MR) is 107 cm³/mol. The number of hydrogen-bond acceptors (Lipinski definition) is 5. The molecule has 1 fully saturated rings. The molecule has 0 radical (unpaired) electrons. The molecule has 0 aromatic heterocycles. The predicted octanol–water partition coefficient (Wildman–Crippen LogP) is 2.64. The van der Waals surface area contributed by atoms with Crippen molar-refractivity contribution in [3.8, 4) is 5.75 Å². The molecule has 0 saturated carbocycles. The third kappa shape index (κ3) is 3.77. The second-order valence-electron chi connectivity index (χ2n) is 7.85. The summed E-state index contributed by atoms with van der Waals surface area (Å²) in [5.41, 5.74) is 3.50. The number of ether oxygens (including phenoxy) is 2. The maximum absolute atomic E-state index is 12.7. The highest BCUT2D eigenvalue weighted by atomic mass is 16.5. The minimum Gasteiger partial charge on any atom is -0.496 e. The molecular weight excluding hydrogens is 358 g/mol. The number of benzene rings is 1. The summed E-state index contributed by atoms with van der Waals surface area (Å²) >= 11 is 0. The molecule has 0 atom stereocenters. The number of urea groups is 1. The van der Waals surface area contributed by atoms with E-state index in [-0.39, 0.29) is 6.03 Å². The van der Waals surface area contributed by atoms with Crippen molar-refractivity contribution >= 4 is 23.1 Å². The van der Waals surface area contributed by atoms with Gasteiger partial charge in [0.05, 0.1) is 31.6 Å². The van der Waals surface area contributed by atoms with Gasteiger partial charge in [0.15, 0.2) is 0 Å². The van der Waals surface area contributed by atoms with Crippen LogP contribution in [0.25, 0.3) is 5.57 Å². The number of piperidine rings is 1. The number of carbonyl (C=O) groups excluding carboxylic acids is 1. The fourth-order valence-corrected chi connectivity index (χ4v) is 3.95. The lowest BCUT2D eigenvalue weighted by molar-refractivity contribution is 0.00483. The highest BCUT2D eigenvalue weighted by Crippen LogP contribution is 2.41. The van der Waals surface area contributed by atoms with Gasteiger partial charge in [-0.15, -0.1) is 0 Å². The summed E-state index contributed by atoms with van der Waals surface area (Å²) in [7, 11) is 1.65. The summed E-state index contributed by atoms with van der Waals surface area (Å²) in [5, 5.41) is 13.0. The normalized spacial score (nSPS) is 20.9. The van der Waals surface area contributed by atoms with Gasteiger partial charge in [-0.1, -0.05) is 6.08 Å². The second-order valence-corrected chi connectivity index (χ2v) is 7.85. The quantitative estimate of drug-likeness (QED) is 0.820. The van der Waals surface area contributed by atoms with E-state index < -0.39 is 5.60 Å². The molecule has 7 heteroatoms. The molecule has 0 unspecified atom stereocenters. The summed E-state index contributed by atoms with van der Waals surface area (Å²) in [6, 6.07) is 3.85. The molecule has 28 heavy (non-hydrogen) atoms. The number of likely N-dealkylation sites (tertiary alicyclic amines) is 1. The average Bonchev–Trinajstić information content (AvgIpc) is 3.11. The largest absolute Gasteiger partial charge is 0.496 e. The zero-order valence-electron chi connectivity index (χ0n) is 16.5. The summed E-state index contributed by atoms with van der Waals surface area (Å²) < 4.78 is 10.9. The number of amidine groups is 1. The van der Waals surface area contributed by atoms with Crippen LogP contribution in [0.5, 0.6) is 5.75 Å². The fourth-order valence-electron chi connectivity index (χ4n) is 3.95. The Morgan fingerprint density at radius 2 is 2.14 bits per heavy atom. The Hall–Kier alpha value is -2.38. The highest BCUT2D eigenvalue weighted by molar-refractivity contribution is 6.04. The van der Waals surface area contributed by atoms with E-state index in [4.69, 9.17) is 14.5 Å². The summed E-state index contributed by atoms with van der Waals surface area (Å²) in [5.74, 6) is 1.42. The van der Waals surface area contributed by atoms with Gasteiger partial charge in [0, 0.05) is 30.6 Å². The number of fused-ring (bicyclic) bond motifs is 1. The Labute approximate surface area is 165 Å². The Morgan fingerprint density at radius 1 is 1.36 bits per heavy atom. The first-order valence-electron chi connectivity index (χ1n) is 9.80. The van der Waals surface area contributed by atoms with E-state index in [1.54, 1.807) is 12.0 Å². The third-order valence-corrected chi connectivity index (χ3v) is 5.74. The molecule has 1 aromatic rings. The summed E-state index contributed by atoms with van der Waals surface area (Å²) in [6.07, 6.45) is 4.65. The lowest BCUT2D eigenvalue weighted by Gasteiger charge is -2.35. The van der Waals surface area contributed by atoms with Crippen molar-refractivity contribution < 1.29 is 19.4 Å². The minimum absolute atomic E-state index is 0.159. The SMILES string of the molecule is COc1ccc(C2=CCOCC2)c2c1CC(NC(=O)N1CCC(C)(O)CC1)=N2. The van der Waals surface area contributed by atoms with Crippen molar-refractivity contribution in [1.29, 1.82) is 0 Å². The number of nitrogens with one attached hydrogen (secondary N) is 1. The van der Waals surface area contributed by atoms with Crippen molar-refractivity contribution in [2.24, 2.45) is 4.99 Å². The lowest BCUT2D eigenvalue weighted by atomic mass is 9.94. The molecule has 4 rings (SSSR count). The molecule has 150 valence electrons. The Balaban J connectivity index is 1.53. The third-order valence-electron chi connectivity index (χ3n) is 5.74.